The van der Waals surface area contributed by atoms with Crippen LogP contribution in [-0.4, -0.2) is 7.11 Å². The molecule has 3 heteroatoms. The lowest BCUT2D eigenvalue weighted by atomic mass is 9.65. The van der Waals surface area contributed by atoms with E-state index in [4.69, 9.17) is 16.3 Å². The Morgan fingerprint density at radius 1 is 1.47 bits per heavy atom. The number of hydrogen-bond acceptors (Lipinski definition) is 2. The maximum Gasteiger partial charge on any atom is 0.120 e. The second-order valence-electron chi connectivity index (χ2n) is 3.89. The van der Waals surface area contributed by atoms with E-state index in [1.165, 1.54) is 0 Å². The Bertz CT molecular complexity index is 418. The van der Waals surface area contributed by atoms with E-state index in [2.05, 4.69) is 6.07 Å². The third-order valence-electron chi connectivity index (χ3n) is 3.11. The van der Waals surface area contributed by atoms with E-state index in [0.29, 0.717) is 5.02 Å². The number of nitriles is 1. The summed E-state index contributed by atoms with van der Waals surface area (Å²) in [5, 5.41) is 9.84. The van der Waals surface area contributed by atoms with Crippen molar-refractivity contribution in [1.82, 2.24) is 0 Å². The molecule has 0 bridgehead atoms. The first kappa shape index (κ1) is 10.3. The predicted octanol–water partition coefficient (Wildman–Crippen LogP) is 3.29. The number of nitrogens with zero attached hydrogens (tertiary/aromatic N) is 1. The zero-order valence-electron chi connectivity index (χ0n) is 8.59. The Hall–Kier alpha value is -1.20. The molecule has 1 aromatic carbocycles. The summed E-state index contributed by atoms with van der Waals surface area (Å²) in [5.74, 6) is 0.733. The zero-order chi connectivity index (χ0) is 10.9. The van der Waals surface area contributed by atoms with Crippen LogP contribution in [0.5, 0.6) is 5.75 Å². The number of benzene rings is 1. The average molecular weight is 222 g/mol. The minimum Gasteiger partial charge on any atom is -0.497 e. The molecule has 1 aromatic rings. The Balaban J connectivity index is 2.41. The smallest absolute Gasteiger partial charge is 0.120 e. The lowest BCUT2D eigenvalue weighted by Crippen LogP contribution is -2.32. The van der Waals surface area contributed by atoms with Gasteiger partial charge in [0, 0.05) is 5.02 Å². The number of methoxy groups -OCH3 is 1. The summed E-state index contributed by atoms with van der Waals surface area (Å²) >= 11 is 6.15. The second kappa shape index (κ2) is 3.75. The highest BCUT2D eigenvalue weighted by Crippen LogP contribution is 2.46. The van der Waals surface area contributed by atoms with Crippen molar-refractivity contribution in [2.24, 2.45) is 0 Å². The first-order chi connectivity index (χ1) is 7.22. The largest absolute Gasteiger partial charge is 0.497 e. The lowest BCUT2D eigenvalue weighted by Gasteiger charge is -2.36. The van der Waals surface area contributed by atoms with Crippen molar-refractivity contribution >= 4 is 11.6 Å². The molecule has 0 saturated heterocycles. The average Bonchev–Trinajstić information content (AvgIpc) is 2.19. The van der Waals surface area contributed by atoms with Crippen LogP contribution >= 0.6 is 11.6 Å². The minimum absolute atomic E-state index is 0.344. The fraction of sp³-hybridized carbons (Fsp3) is 0.417. The Morgan fingerprint density at radius 3 is 2.60 bits per heavy atom. The molecular weight excluding hydrogens is 210 g/mol. The molecule has 2 nitrogen and oxygen atoms in total. The van der Waals surface area contributed by atoms with Crippen molar-refractivity contribution < 1.29 is 4.74 Å². The van der Waals surface area contributed by atoms with Crippen LogP contribution < -0.4 is 4.74 Å². The van der Waals surface area contributed by atoms with E-state index in [1.807, 2.05) is 12.1 Å². The molecule has 0 aliphatic heterocycles. The Labute approximate surface area is 94.4 Å². The minimum atomic E-state index is -0.344. The summed E-state index contributed by atoms with van der Waals surface area (Å²) in [6.07, 6.45) is 2.93. The molecule has 1 fully saturated rings. The van der Waals surface area contributed by atoms with E-state index >= 15 is 0 Å². The SMILES string of the molecule is COc1ccc(C2(C#N)CCC2)c(Cl)c1. The van der Waals surface area contributed by atoms with E-state index in [1.54, 1.807) is 13.2 Å². The summed E-state index contributed by atoms with van der Waals surface area (Å²) < 4.78 is 5.08. The van der Waals surface area contributed by atoms with Crippen molar-refractivity contribution in [3.8, 4) is 11.8 Å². The quantitative estimate of drug-likeness (QED) is 0.768. The van der Waals surface area contributed by atoms with Crippen molar-refractivity contribution in [3.05, 3.63) is 28.8 Å². The second-order valence-corrected chi connectivity index (χ2v) is 4.30. The van der Waals surface area contributed by atoms with Crippen LogP contribution in [0.1, 0.15) is 24.8 Å². The predicted molar refractivity (Wildman–Crippen MR) is 59.1 cm³/mol. The summed E-state index contributed by atoms with van der Waals surface area (Å²) in [4.78, 5) is 0. The monoisotopic (exact) mass is 221 g/mol. The normalized spacial score (nSPS) is 17.7. The molecule has 1 saturated carbocycles. The molecule has 0 amide bonds. The van der Waals surface area contributed by atoms with Gasteiger partial charge in [-0.15, -0.1) is 0 Å². The van der Waals surface area contributed by atoms with Crippen molar-refractivity contribution in [3.63, 3.8) is 0 Å². The van der Waals surface area contributed by atoms with Gasteiger partial charge in [-0.05, 0) is 37.0 Å². The highest BCUT2D eigenvalue weighted by Gasteiger charge is 2.40. The van der Waals surface area contributed by atoms with Gasteiger partial charge in [0.1, 0.15) is 5.75 Å². The fourth-order valence-electron chi connectivity index (χ4n) is 1.98. The van der Waals surface area contributed by atoms with Gasteiger partial charge >= 0.3 is 0 Å². The topological polar surface area (TPSA) is 33.0 Å². The summed E-state index contributed by atoms with van der Waals surface area (Å²) in [5.41, 5.74) is 0.599. The third-order valence-corrected chi connectivity index (χ3v) is 3.43. The van der Waals surface area contributed by atoms with Crippen molar-refractivity contribution in [2.45, 2.75) is 24.7 Å². The van der Waals surface area contributed by atoms with Gasteiger partial charge in [0.15, 0.2) is 0 Å². The molecule has 0 atom stereocenters. The van der Waals surface area contributed by atoms with Crippen LogP contribution in [0.15, 0.2) is 18.2 Å². The number of hydrogen-bond donors (Lipinski definition) is 0. The molecular formula is C12H12ClNO. The van der Waals surface area contributed by atoms with Crippen LogP contribution in [0.25, 0.3) is 0 Å². The van der Waals surface area contributed by atoms with Crippen LogP contribution in [0.3, 0.4) is 0 Å². The van der Waals surface area contributed by atoms with E-state index < -0.39 is 0 Å². The highest BCUT2D eigenvalue weighted by molar-refractivity contribution is 6.31. The first-order valence-corrected chi connectivity index (χ1v) is 5.35. The summed E-state index contributed by atoms with van der Waals surface area (Å²) in [7, 11) is 1.61. The van der Waals surface area contributed by atoms with Gasteiger partial charge in [-0.25, -0.2) is 0 Å². The van der Waals surface area contributed by atoms with Crippen LogP contribution in [0, 0.1) is 11.3 Å². The molecule has 0 spiro atoms. The maximum absolute atomic E-state index is 9.20. The molecule has 1 aliphatic rings. The maximum atomic E-state index is 9.20. The van der Waals surface area contributed by atoms with E-state index in [-0.39, 0.29) is 5.41 Å². The fourth-order valence-corrected chi connectivity index (χ4v) is 2.33. The van der Waals surface area contributed by atoms with E-state index in [0.717, 1.165) is 30.6 Å². The number of halogens is 1. The molecule has 2 rings (SSSR count). The van der Waals surface area contributed by atoms with Crippen molar-refractivity contribution in [2.75, 3.05) is 7.11 Å². The molecule has 15 heavy (non-hydrogen) atoms. The number of ether oxygens (including phenoxy) is 1. The Morgan fingerprint density at radius 2 is 2.20 bits per heavy atom. The van der Waals surface area contributed by atoms with Gasteiger partial charge in [0.2, 0.25) is 0 Å². The summed E-state index contributed by atoms with van der Waals surface area (Å²) in [6, 6.07) is 7.92. The van der Waals surface area contributed by atoms with Gasteiger partial charge in [-0.1, -0.05) is 17.7 Å². The Kier molecular flexibility index (Phi) is 2.58. The highest BCUT2D eigenvalue weighted by atomic mass is 35.5. The van der Waals surface area contributed by atoms with Gasteiger partial charge in [-0.3, -0.25) is 0 Å². The molecule has 1 aliphatic carbocycles. The van der Waals surface area contributed by atoms with Crippen LogP contribution in [0.4, 0.5) is 0 Å². The van der Waals surface area contributed by atoms with Crippen LogP contribution in [0.2, 0.25) is 5.02 Å². The molecule has 0 radical (unpaired) electrons. The molecule has 0 N–H and O–H groups in total. The number of rotatable bonds is 2. The van der Waals surface area contributed by atoms with Gasteiger partial charge in [0.25, 0.3) is 0 Å². The van der Waals surface area contributed by atoms with Gasteiger partial charge in [-0.2, -0.15) is 5.26 Å². The molecule has 0 heterocycles. The molecule has 0 aromatic heterocycles. The molecule has 78 valence electrons. The van der Waals surface area contributed by atoms with Gasteiger partial charge < -0.3 is 4.74 Å². The zero-order valence-corrected chi connectivity index (χ0v) is 9.34. The van der Waals surface area contributed by atoms with Gasteiger partial charge in [0.05, 0.1) is 18.6 Å². The first-order valence-electron chi connectivity index (χ1n) is 4.97. The van der Waals surface area contributed by atoms with Crippen molar-refractivity contribution in [1.29, 1.82) is 5.26 Å². The summed E-state index contributed by atoms with van der Waals surface area (Å²) in [6.45, 7) is 0. The standard InChI is InChI=1S/C12H12ClNO/c1-15-9-3-4-10(11(13)7-9)12(8-14)5-2-6-12/h3-4,7H,2,5-6H2,1H3. The third kappa shape index (κ3) is 1.57. The molecule has 0 unspecified atom stereocenters. The lowest BCUT2D eigenvalue weighted by molar-refractivity contribution is 0.323. The van der Waals surface area contributed by atoms with E-state index in [9.17, 15) is 5.26 Å². The van der Waals surface area contributed by atoms with Crippen LogP contribution in [-0.2, 0) is 5.41 Å².